The maximum atomic E-state index is 13.0. The summed E-state index contributed by atoms with van der Waals surface area (Å²) < 4.78 is 1.60. The van der Waals surface area contributed by atoms with Crippen LogP contribution in [0.2, 0.25) is 0 Å². The van der Waals surface area contributed by atoms with Gasteiger partial charge in [0, 0.05) is 55.4 Å². The van der Waals surface area contributed by atoms with Crippen molar-refractivity contribution in [2.75, 3.05) is 36.0 Å². The first-order chi connectivity index (χ1) is 17.6. The minimum Gasteiger partial charge on any atom is -0.353 e. The summed E-state index contributed by atoms with van der Waals surface area (Å²) in [7, 11) is 0. The normalized spacial score (nSPS) is 15.8. The fourth-order valence-electron chi connectivity index (χ4n) is 4.58. The van der Waals surface area contributed by atoms with E-state index in [1.807, 2.05) is 31.3 Å². The van der Waals surface area contributed by atoms with Crippen LogP contribution >= 0.6 is 0 Å². The second kappa shape index (κ2) is 9.07. The van der Waals surface area contributed by atoms with Gasteiger partial charge in [-0.15, -0.1) is 0 Å². The summed E-state index contributed by atoms with van der Waals surface area (Å²) in [5.41, 5.74) is 2.44. The zero-order valence-corrected chi connectivity index (χ0v) is 20.1. The molecule has 1 aromatic carbocycles. The maximum absolute atomic E-state index is 13.0. The van der Waals surface area contributed by atoms with Crippen molar-refractivity contribution in [3.8, 4) is 5.69 Å². The molecule has 2 aliphatic rings. The van der Waals surface area contributed by atoms with Gasteiger partial charge in [-0.2, -0.15) is 4.98 Å². The summed E-state index contributed by atoms with van der Waals surface area (Å²) in [6.07, 6.45) is 3.88. The van der Waals surface area contributed by atoms with Crippen LogP contribution in [0.25, 0.3) is 16.7 Å². The van der Waals surface area contributed by atoms with Crippen molar-refractivity contribution in [1.29, 1.82) is 0 Å². The van der Waals surface area contributed by atoms with E-state index in [0.717, 1.165) is 55.9 Å². The quantitative estimate of drug-likeness (QED) is 0.468. The Morgan fingerprint density at radius 3 is 2.36 bits per heavy atom. The average molecular weight is 482 g/mol. The lowest BCUT2D eigenvalue weighted by atomic mass is 10.1. The van der Waals surface area contributed by atoms with Crippen LogP contribution in [0, 0.1) is 6.92 Å². The number of fused-ring (bicyclic) bond motifs is 1. The van der Waals surface area contributed by atoms with Gasteiger partial charge in [-0.1, -0.05) is 6.07 Å². The zero-order valence-electron chi connectivity index (χ0n) is 20.1. The van der Waals surface area contributed by atoms with Crippen molar-refractivity contribution in [3.05, 3.63) is 82.4 Å². The van der Waals surface area contributed by atoms with E-state index in [1.54, 1.807) is 34.9 Å². The van der Waals surface area contributed by atoms with Gasteiger partial charge < -0.3 is 15.1 Å². The smallest absolute Gasteiger partial charge is 0.256 e. The highest BCUT2D eigenvalue weighted by molar-refractivity contribution is 5.94. The van der Waals surface area contributed by atoms with E-state index in [1.165, 1.54) is 6.07 Å². The van der Waals surface area contributed by atoms with E-state index in [2.05, 4.69) is 20.1 Å². The monoisotopic (exact) mass is 481 g/mol. The number of aryl methyl sites for hydroxylation is 1. The van der Waals surface area contributed by atoms with Crippen LogP contribution in [0.5, 0.6) is 0 Å². The lowest BCUT2D eigenvalue weighted by Gasteiger charge is -2.35. The first-order valence-electron chi connectivity index (χ1n) is 12.3. The SMILES string of the molecule is Cc1nc(N2CCN(c3ccccn3)CC2)nc2c1ccc(=O)n2-c1ccc(C(=O)NC2CC2)cc1. The first kappa shape index (κ1) is 22.2. The lowest BCUT2D eigenvalue weighted by Crippen LogP contribution is -2.47. The molecule has 1 amide bonds. The maximum Gasteiger partial charge on any atom is 0.256 e. The molecule has 0 radical (unpaired) electrons. The van der Waals surface area contributed by atoms with Crippen LogP contribution < -0.4 is 20.7 Å². The molecule has 1 saturated heterocycles. The molecular weight excluding hydrogens is 454 g/mol. The molecule has 4 heterocycles. The molecule has 0 atom stereocenters. The van der Waals surface area contributed by atoms with Crippen LogP contribution in [-0.4, -0.2) is 57.6 Å². The average Bonchev–Trinajstić information content (AvgIpc) is 3.73. The Hall–Kier alpha value is -4.27. The predicted octanol–water partition coefficient (Wildman–Crippen LogP) is 2.70. The molecule has 9 nitrogen and oxygen atoms in total. The number of piperazine rings is 1. The molecule has 0 spiro atoms. The Labute approximate surface area is 208 Å². The van der Waals surface area contributed by atoms with Crippen LogP contribution in [0.15, 0.2) is 65.6 Å². The molecule has 1 aliphatic carbocycles. The molecule has 3 aromatic heterocycles. The molecule has 0 unspecified atom stereocenters. The van der Waals surface area contributed by atoms with Crippen LogP contribution in [0.4, 0.5) is 11.8 Å². The highest BCUT2D eigenvalue weighted by Gasteiger charge is 2.24. The first-order valence-corrected chi connectivity index (χ1v) is 12.3. The van der Waals surface area contributed by atoms with Gasteiger partial charge in [0.15, 0.2) is 5.65 Å². The number of hydrogen-bond acceptors (Lipinski definition) is 7. The summed E-state index contributed by atoms with van der Waals surface area (Å²) in [5, 5.41) is 3.81. The van der Waals surface area contributed by atoms with Crippen molar-refractivity contribution in [2.45, 2.75) is 25.8 Å². The Balaban J connectivity index is 1.31. The van der Waals surface area contributed by atoms with Gasteiger partial charge >= 0.3 is 0 Å². The van der Waals surface area contributed by atoms with E-state index < -0.39 is 0 Å². The van der Waals surface area contributed by atoms with Gasteiger partial charge in [-0.25, -0.2) is 9.97 Å². The van der Waals surface area contributed by atoms with Crippen LogP contribution in [0.3, 0.4) is 0 Å². The van der Waals surface area contributed by atoms with Gasteiger partial charge in [-0.05, 0) is 62.2 Å². The summed E-state index contributed by atoms with van der Waals surface area (Å²) in [5.74, 6) is 1.50. The van der Waals surface area contributed by atoms with E-state index >= 15 is 0 Å². The highest BCUT2D eigenvalue weighted by Crippen LogP contribution is 2.23. The molecule has 6 rings (SSSR count). The molecule has 1 aliphatic heterocycles. The van der Waals surface area contributed by atoms with E-state index in [9.17, 15) is 9.59 Å². The van der Waals surface area contributed by atoms with Gasteiger partial charge in [-0.3, -0.25) is 14.2 Å². The zero-order chi connectivity index (χ0) is 24.6. The predicted molar refractivity (Wildman–Crippen MR) is 139 cm³/mol. The number of amides is 1. The van der Waals surface area contributed by atoms with Crippen molar-refractivity contribution < 1.29 is 4.79 Å². The van der Waals surface area contributed by atoms with E-state index in [0.29, 0.717) is 28.9 Å². The van der Waals surface area contributed by atoms with Gasteiger partial charge in [0.05, 0.1) is 11.4 Å². The van der Waals surface area contributed by atoms with Crippen molar-refractivity contribution in [2.24, 2.45) is 0 Å². The van der Waals surface area contributed by atoms with E-state index in [4.69, 9.17) is 9.97 Å². The molecule has 36 heavy (non-hydrogen) atoms. The molecule has 2 fully saturated rings. The van der Waals surface area contributed by atoms with E-state index in [-0.39, 0.29) is 11.5 Å². The third-order valence-corrected chi connectivity index (χ3v) is 6.77. The fraction of sp³-hybridized carbons (Fsp3) is 0.296. The molecule has 0 bridgehead atoms. The van der Waals surface area contributed by atoms with Crippen LogP contribution in [-0.2, 0) is 0 Å². The number of nitrogens with one attached hydrogen (secondary N) is 1. The number of benzene rings is 1. The lowest BCUT2D eigenvalue weighted by molar-refractivity contribution is 0.0951. The molecule has 4 aromatic rings. The minimum absolute atomic E-state index is 0.0837. The molecule has 1 saturated carbocycles. The number of rotatable bonds is 5. The number of anilines is 2. The largest absolute Gasteiger partial charge is 0.353 e. The Kier molecular flexibility index (Phi) is 5.59. The number of nitrogens with zero attached hydrogens (tertiary/aromatic N) is 6. The third-order valence-electron chi connectivity index (χ3n) is 6.77. The Morgan fingerprint density at radius 2 is 1.67 bits per heavy atom. The standard InChI is InChI=1S/C27H27N7O2/c1-18-22-11-12-24(35)34(21-9-5-19(6-10-21)26(36)30-20-7-8-20)25(22)31-27(29-18)33-16-14-32(15-17-33)23-4-2-3-13-28-23/h2-6,9-13,20H,7-8,14-17H2,1H3,(H,30,36). The van der Waals surface area contributed by atoms with Gasteiger partial charge in [0.1, 0.15) is 5.82 Å². The van der Waals surface area contributed by atoms with Crippen molar-refractivity contribution in [3.63, 3.8) is 0 Å². The minimum atomic E-state index is -0.179. The van der Waals surface area contributed by atoms with Gasteiger partial charge in [0.25, 0.3) is 11.5 Å². The molecule has 1 N–H and O–H groups in total. The number of carbonyl (C=O) groups is 1. The topological polar surface area (TPSA) is 96.2 Å². The van der Waals surface area contributed by atoms with Gasteiger partial charge in [0.2, 0.25) is 5.95 Å². The fourth-order valence-corrected chi connectivity index (χ4v) is 4.58. The Morgan fingerprint density at radius 1 is 0.917 bits per heavy atom. The Bertz CT molecular complexity index is 1470. The molecular formula is C27H27N7O2. The molecule has 9 heteroatoms. The van der Waals surface area contributed by atoms with Crippen LogP contribution in [0.1, 0.15) is 28.9 Å². The second-order valence-corrected chi connectivity index (χ2v) is 9.31. The second-order valence-electron chi connectivity index (χ2n) is 9.31. The number of aromatic nitrogens is 4. The molecule has 182 valence electrons. The number of pyridine rings is 2. The number of carbonyl (C=O) groups excluding carboxylic acids is 1. The summed E-state index contributed by atoms with van der Waals surface area (Å²) in [6, 6.07) is 16.7. The highest BCUT2D eigenvalue weighted by atomic mass is 16.1. The van der Waals surface area contributed by atoms with Crippen molar-refractivity contribution >= 4 is 28.7 Å². The summed E-state index contributed by atoms with van der Waals surface area (Å²) in [6.45, 7) is 5.07. The summed E-state index contributed by atoms with van der Waals surface area (Å²) >= 11 is 0. The summed E-state index contributed by atoms with van der Waals surface area (Å²) in [4.78, 5) is 43.9. The number of hydrogen-bond donors (Lipinski definition) is 1. The van der Waals surface area contributed by atoms with Crippen molar-refractivity contribution in [1.82, 2.24) is 24.8 Å². The third kappa shape index (κ3) is 4.28.